The number of hydrogen-bond donors (Lipinski definition) is 1. The van der Waals surface area contributed by atoms with Gasteiger partial charge in [0.05, 0.1) is 5.69 Å². The van der Waals surface area contributed by atoms with Crippen molar-refractivity contribution >= 4 is 17.3 Å². The predicted molar refractivity (Wildman–Crippen MR) is 95.0 cm³/mol. The molecule has 5 nitrogen and oxygen atoms in total. The summed E-state index contributed by atoms with van der Waals surface area (Å²) in [6.07, 6.45) is 7.19. The quantitative estimate of drug-likeness (QED) is 0.228. The van der Waals surface area contributed by atoms with E-state index in [-0.39, 0.29) is 0 Å². The van der Waals surface area contributed by atoms with Gasteiger partial charge >= 0.3 is 0 Å². The second-order valence-electron chi connectivity index (χ2n) is 5.20. The molecule has 1 aromatic heterocycles. The highest BCUT2D eigenvalue weighted by Crippen LogP contribution is 2.11. The van der Waals surface area contributed by atoms with Gasteiger partial charge in [-0.15, -0.1) is 10.2 Å². The highest BCUT2D eigenvalue weighted by atomic mass is 15.3. The summed E-state index contributed by atoms with van der Waals surface area (Å²) >= 11 is 0. The van der Waals surface area contributed by atoms with Crippen LogP contribution in [0.3, 0.4) is 0 Å². The Hall–Kier alpha value is -2.56. The first-order valence-electron chi connectivity index (χ1n) is 8.09. The number of nitrogens with zero attached hydrogens (tertiary/aromatic N) is 4. The first-order chi connectivity index (χ1) is 11.4. The molecule has 0 unspecified atom stereocenters. The van der Waals surface area contributed by atoms with Crippen molar-refractivity contribution < 1.29 is 0 Å². The molecule has 0 atom stereocenters. The Balaban J connectivity index is 2.00. The lowest BCUT2D eigenvalue weighted by molar-refractivity contribution is 0.680. The van der Waals surface area contributed by atoms with E-state index in [4.69, 9.17) is 0 Å². The molecule has 0 aliphatic heterocycles. The van der Waals surface area contributed by atoms with Gasteiger partial charge in [-0.25, -0.2) is 4.98 Å². The van der Waals surface area contributed by atoms with Crippen LogP contribution < -0.4 is 5.43 Å². The van der Waals surface area contributed by atoms with Crippen molar-refractivity contribution in [3.63, 3.8) is 0 Å². The maximum atomic E-state index is 4.39. The summed E-state index contributed by atoms with van der Waals surface area (Å²) in [6.45, 7) is 2.20. The van der Waals surface area contributed by atoms with Gasteiger partial charge in [0.25, 0.3) is 0 Å². The van der Waals surface area contributed by atoms with Crippen molar-refractivity contribution in [2.75, 3.05) is 5.43 Å². The maximum absolute atomic E-state index is 4.39. The molecule has 0 spiro atoms. The van der Waals surface area contributed by atoms with Crippen LogP contribution in [0.15, 0.2) is 70.1 Å². The fourth-order valence-corrected chi connectivity index (χ4v) is 2.00. The van der Waals surface area contributed by atoms with Gasteiger partial charge in [0, 0.05) is 12.6 Å². The van der Waals surface area contributed by atoms with Crippen LogP contribution in [0.1, 0.15) is 39.0 Å². The average Bonchev–Trinajstić information content (AvgIpc) is 2.62. The van der Waals surface area contributed by atoms with Crippen LogP contribution in [-0.2, 0) is 0 Å². The largest absolute Gasteiger partial charge is 0.277 e. The van der Waals surface area contributed by atoms with Gasteiger partial charge in [-0.1, -0.05) is 50.5 Å². The molecule has 0 aliphatic rings. The third-order valence-corrected chi connectivity index (χ3v) is 3.26. The number of unbranched alkanes of at least 4 members (excludes halogenated alkanes) is 3. The van der Waals surface area contributed by atoms with E-state index in [1.165, 1.54) is 19.3 Å². The van der Waals surface area contributed by atoms with E-state index >= 15 is 0 Å². The van der Waals surface area contributed by atoms with Gasteiger partial charge in [-0.2, -0.15) is 5.10 Å². The molecule has 1 N–H and O–H groups in total. The lowest BCUT2D eigenvalue weighted by Crippen LogP contribution is -1.99. The van der Waals surface area contributed by atoms with Gasteiger partial charge in [-0.3, -0.25) is 5.43 Å². The van der Waals surface area contributed by atoms with Crippen LogP contribution >= 0.6 is 0 Å². The molecule has 0 aliphatic carbocycles. The van der Waals surface area contributed by atoms with E-state index in [0.717, 1.165) is 18.5 Å². The Bertz CT molecular complexity index is 608. The summed E-state index contributed by atoms with van der Waals surface area (Å²) in [5.74, 6) is 1.28. The monoisotopic (exact) mass is 309 g/mol. The Morgan fingerprint density at radius 2 is 1.83 bits per heavy atom. The number of nitrogens with one attached hydrogen (secondary N) is 1. The van der Waals surface area contributed by atoms with Crippen LogP contribution in [0.5, 0.6) is 0 Å². The number of amidine groups is 1. The normalized spacial score (nSPS) is 11.8. The van der Waals surface area contributed by atoms with E-state index in [2.05, 4.69) is 32.7 Å². The maximum Gasteiger partial charge on any atom is 0.174 e. The van der Waals surface area contributed by atoms with E-state index in [1.54, 1.807) is 6.20 Å². The van der Waals surface area contributed by atoms with Crippen LogP contribution in [0.25, 0.3) is 0 Å². The summed E-state index contributed by atoms with van der Waals surface area (Å²) in [5.41, 5.74) is 3.97. The molecule has 0 amide bonds. The zero-order valence-corrected chi connectivity index (χ0v) is 13.5. The van der Waals surface area contributed by atoms with Crippen molar-refractivity contribution in [1.29, 1.82) is 0 Å². The average molecular weight is 309 g/mol. The van der Waals surface area contributed by atoms with Gasteiger partial charge in [-0.05, 0) is 30.7 Å². The first-order valence-corrected chi connectivity index (χ1v) is 8.09. The molecule has 5 heteroatoms. The molecular formula is C18H23N5. The fourth-order valence-electron chi connectivity index (χ4n) is 2.00. The minimum Gasteiger partial charge on any atom is -0.277 e. The van der Waals surface area contributed by atoms with Gasteiger partial charge < -0.3 is 0 Å². The van der Waals surface area contributed by atoms with Crippen LogP contribution in [-0.4, -0.2) is 10.8 Å². The SMILES string of the molecule is CCCCCCC(N=Nc1ccccn1)=NNc1ccccc1. The highest BCUT2D eigenvalue weighted by molar-refractivity contribution is 5.83. The van der Waals surface area contributed by atoms with Crippen molar-refractivity contribution in [1.82, 2.24) is 4.98 Å². The molecule has 0 saturated carbocycles. The number of anilines is 1. The predicted octanol–water partition coefficient (Wildman–Crippen LogP) is 5.56. The summed E-state index contributed by atoms with van der Waals surface area (Å²) < 4.78 is 0. The topological polar surface area (TPSA) is 62.0 Å². The Labute approximate surface area is 137 Å². The van der Waals surface area contributed by atoms with Crippen LogP contribution in [0.2, 0.25) is 0 Å². The van der Waals surface area contributed by atoms with Crippen molar-refractivity contribution in [2.24, 2.45) is 15.3 Å². The smallest absolute Gasteiger partial charge is 0.174 e. The second-order valence-corrected chi connectivity index (χ2v) is 5.20. The number of para-hydroxylation sites is 1. The Morgan fingerprint density at radius 1 is 1.00 bits per heavy atom. The molecule has 0 bridgehead atoms. The molecule has 2 aromatic rings. The lowest BCUT2D eigenvalue weighted by Gasteiger charge is -2.03. The highest BCUT2D eigenvalue weighted by Gasteiger charge is 1.99. The number of pyridine rings is 1. The third kappa shape index (κ3) is 6.82. The van der Waals surface area contributed by atoms with E-state index < -0.39 is 0 Å². The molecule has 0 saturated heterocycles. The summed E-state index contributed by atoms with van der Waals surface area (Å²) in [6, 6.07) is 15.4. The second kappa shape index (κ2) is 10.2. The third-order valence-electron chi connectivity index (χ3n) is 3.26. The molecule has 23 heavy (non-hydrogen) atoms. The number of hydrogen-bond acceptors (Lipinski definition) is 4. The number of aromatic nitrogens is 1. The zero-order chi connectivity index (χ0) is 16.2. The lowest BCUT2D eigenvalue weighted by atomic mass is 10.1. The van der Waals surface area contributed by atoms with Crippen molar-refractivity contribution in [2.45, 2.75) is 39.0 Å². The van der Waals surface area contributed by atoms with Crippen LogP contribution in [0.4, 0.5) is 11.5 Å². The Morgan fingerprint density at radius 3 is 2.57 bits per heavy atom. The molecule has 1 heterocycles. The van der Waals surface area contributed by atoms with Crippen molar-refractivity contribution in [3.8, 4) is 0 Å². The zero-order valence-electron chi connectivity index (χ0n) is 13.5. The van der Waals surface area contributed by atoms with Crippen molar-refractivity contribution in [3.05, 3.63) is 54.7 Å². The fraction of sp³-hybridized carbons (Fsp3) is 0.333. The summed E-state index contributed by atoms with van der Waals surface area (Å²) in [7, 11) is 0. The minimum absolute atomic E-state index is 0.591. The van der Waals surface area contributed by atoms with E-state index in [1.807, 2.05) is 48.5 Å². The molecule has 0 radical (unpaired) electrons. The Kier molecular flexibility index (Phi) is 7.46. The first kappa shape index (κ1) is 16.8. The van der Waals surface area contributed by atoms with Gasteiger partial charge in [0.2, 0.25) is 0 Å². The molecule has 1 aromatic carbocycles. The van der Waals surface area contributed by atoms with Crippen LogP contribution in [0, 0.1) is 0 Å². The molecule has 0 fully saturated rings. The molecular weight excluding hydrogens is 286 g/mol. The van der Waals surface area contributed by atoms with Gasteiger partial charge in [0.1, 0.15) is 0 Å². The molecule has 120 valence electrons. The van der Waals surface area contributed by atoms with Gasteiger partial charge in [0.15, 0.2) is 11.7 Å². The number of azo groups is 1. The minimum atomic E-state index is 0.591. The number of rotatable bonds is 8. The van der Waals surface area contributed by atoms with E-state index in [9.17, 15) is 0 Å². The standard InChI is InChI=1S/C18H23N5/c1-2-3-4-8-14-18(22-20-16-11-6-5-7-12-16)23-21-17-13-9-10-15-19-17/h5-7,9-13,15,20H,2-4,8,14H2,1H3. The number of benzene rings is 1. The summed E-state index contributed by atoms with van der Waals surface area (Å²) in [5, 5.41) is 12.8. The summed E-state index contributed by atoms with van der Waals surface area (Å²) in [4.78, 5) is 4.14. The van der Waals surface area contributed by atoms with E-state index in [0.29, 0.717) is 11.7 Å². The molecule has 2 rings (SSSR count). The number of hydrazone groups is 1.